The molecule has 20 heavy (non-hydrogen) atoms. The monoisotopic (exact) mass is 274 g/mol. The summed E-state index contributed by atoms with van der Waals surface area (Å²) in [6.45, 7) is -0.857. The van der Waals surface area contributed by atoms with Crippen molar-refractivity contribution >= 4 is 10.9 Å². The number of nitrogens with zero attached hydrogens (tertiary/aromatic N) is 1. The number of aromatic amines is 1. The number of nitrogens with one attached hydrogen (secondary N) is 1. The molecule has 0 unspecified atom stereocenters. The molecule has 0 aliphatic heterocycles. The SMILES string of the molecule is Cc1cc2ccc(-c3ccc(OC(F)F)nc3)cc2[nH]1. The Kier molecular flexibility index (Phi) is 3.10. The molecular formula is C15H12F2N2O. The number of fused-ring (bicyclic) bond motifs is 1. The summed E-state index contributed by atoms with van der Waals surface area (Å²) in [6, 6.07) is 11.2. The lowest BCUT2D eigenvalue weighted by Crippen LogP contribution is -2.03. The number of hydrogen-bond acceptors (Lipinski definition) is 2. The molecule has 1 N–H and O–H groups in total. The normalized spacial score (nSPS) is 11.2. The van der Waals surface area contributed by atoms with Crippen LogP contribution in [-0.2, 0) is 0 Å². The van der Waals surface area contributed by atoms with E-state index in [1.807, 2.05) is 25.1 Å². The Morgan fingerprint density at radius 2 is 1.90 bits per heavy atom. The topological polar surface area (TPSA) is 37.9 Å². The van der Waals surface area contributed by atoms with E-state index in [0.29, 0.717) is 0 Å². The van der Waals surface area contributed by atoms with E-state index in [1.54, 1.807) is 6.07 Å². The number of ether oxygens (including phenoxy) is 1. The van der Waals surface area contributed by atoms with Gasteiger partial charge in [-0.3, -0.25) is 0 Å². The first-order chi connectivity index (χ1) is 9.61. The van der Waals surface area contributed by atoms with E-state index in [2.05, 4.69) is 20.8 Å². The molecule has 0 spiro atoms. The highest BCUT2D eigenvalue weighted by Gasteiger charge is 2.06. The lowest BCUT2D eigenvalue weighted by molar-refractivity contribution is -0.0528. The van der Waals surface area contributed by atoms with Crippen LogP contribution in [0.2, 0.25) is 0 Å². The second kappa shape index (κ2) is 4.92. The van der Waals surface area contributed by atoms with Crippen LogP contribution in [0.5, 0.6) is 5.88 Å². The molecule has 102 valence electrons. The van der Waals surface area contributed by atoms with Crippen molar-refractivity contribution in [2.45, 2.75) is 13.5 Å². The summed E-state index contributed by atoms with van der Waals surface area (Å²) in [5.74, 6) is -0.0828. The van der Waals surface area contributed by atoms with E-state index in [0.717, 1.165) is 27.7 Å². The Morgan fingerprint density at radius 3 is 2.60 bits per heavy atom. The van der Waals surface area contributed by atoms with Gasteiger partial charge in [0.15, 0.2) is 0 Å². The third-order valence-electron chi connectivity index (χ3n) is 3.04. The van der Waals surface area contributed by atoms with E-state index < -0.39 is 6.61 Å². The van der Waals surface area contributed by atoms with Gasteiger partial charge < -0.3 is 9.72 Å². The Bertz CT molecular complexity index is 735. The molecule has 2 aromatic heterocycles. The number of benzene rings is 1. The summed E-state index contributed by atoms with van der Waals surface area (Å²) < 4.78 is 28.3. The van der Waals surface area contributed by atoms with Gasteiger partial charge in [-0.2, -0.15) is 8.78 Å². The van der Waals surface area contributed by atoms with Crippen molar-refractivity contribution in [1.29, 1.82) is 0 Å². The molecule has 5 heteroatoms. The average molecular weight is 274 g/mol. The van der Waals surface area contributed by atoms with Crippen LogP contribution in [0.3, 0.4) is 0 Å². The fourth-order valence-corrected chi connectivity index (χ4v) is 2.16. The van der Waals surface area contributed by atoms with Gasteiger partial charge in [-0.15, -0.1) is 0 Å². The predicted octanol–water partition coefficient (Wildman–Crippen LogP) is 4.14. The number of rotatable bonds is 3. The van der Waals surface area contributed by atoms with Gasteiger partial charge in [0.05, 0.1) is 0 Å². The third-order valence-corrected chi connectivity index (χ3v) is 3.04. The molecule has 3 rings (SSSR count). The fraction of sp³-hybridized carbons (Fsp3) is 0.133. The van der Waals surface area contributed by atoms with Crippen LogP contribution in [-0.4, -0.2) is 16.6 Å². The first-order valence-corrected chi connectivity index (χ1v) is 6.12. The molecule has 3 nitrogen and oxygen atoms in total. The third kappa shape index (κ3) is 2.47. The smallest absolute Gasteiger partial charge is 0.388 e. The van der Waals surface area contributed by atoms with Crippen LogP contribution < -0.4 is 4.74 Å². The lowest BCUT2D eigenvalue weighted by Gasteiger charge is -2.05. The van der Waals surface area contributed by atoms with Crippen LogP contribution in [0, 0.1) is 6.92 Å². The quantitative estimate of drug-likeness (QED) is 0.779. The van der Waals surface area contributed by atoms with Crippen molar-refractivity contribution in [3.05, 3.63) is 48.3 Å². The summed E-state index contributed by atoms with van der Waals surface area (Å²) in [7, 11) is 0. The van der Waals surface area contributed by atoms with Crippen molar-refractivity contribution in [3.63, 3.8) is 0 Å². The van der Waals surface area contributed by atoms with E-state index >= 15 is 0 Å². The maximum absolute atomic E-state index is 12.1. The predicted molar refractivity (Wildman–Crippen MR) is 72.9 cm³/mol. The number of aromatic nitrogens is 2. The Labute approximate surface area is 114 Å². The minimum Gasteiger partial charge on any atom is -0.417 e. The number of H-pyrrole nitrogens is 1. The second-order valence-corrected chi connectivity index (χ2v) is 4.52. The zero-order valence-electron chi connectivity index (χ0n) is 10.7. The zero-order valence-corrected chi connectivity index (χ0v) is 10.7. The summed E-state index contributed by atoms with van der Waals surface area (Å²) >= 11 is 0. The van der Waals surface area contributed by atoms with Gasteiger partial charge in [0.1, 0.15) is 0 Å². The van der Waals surface area contributed by atoms with Gasteiger partial charge in [-0.1, -0.05) is 12.1 Å². The fourth-order valence-electron chi connectivity index (χ4n) is 2.16. The van der Waals surface area contributed by atoms with Crippen LogP contribution in [0.15, 0.2) is 42.6 Å². The molecule has 0 bridgehead atoms. The highest BCUT2D eigenvalue weighted by molar-refractivity contribution is 5.85. The molecule has 0 amide bonds. The van der Waals surface area contributed by atoms with Gasteiger partial charge in [0.25, 0.3) is 0 Å². The van der Waals surface area contributed by atoms with Crippen molar-refractivity contribution < 1.29 is 13.5 Å². The summed E-state index contributed by atoms with van der Waals surface area (Å²) in [6.07, 6.45) is 1.52. The van der Waals surface area contributed by atoms with Gasteiger partial charge in [0.2, 0.25) is 5.88 Å². The molecule has 1 aromatic carbocycles. The maximum Gasteiger partial charge on any atom is 0.388 e. The molecule has 2 heterocycles. The van der Waals surface area contributed by atoms with Crippen LogP contribution in [0.4, 0.5) is 8.78 Å². The van der Waals surface area contributed by atoms with Crippen LogP contribution >= 0.6 is 0 Å². The lowest BCUT2D eigenvalue weighted by atomic mass is 10.1. The van der Waals surface area contributed by atoms with Gasteiger partial charge in [-0.05, 0) is 36.1 Å². The standard InChI is InChI=1S/C15H12F2N2O/c1-9-6-11-3-2-10(7-13(11)19-9)12-4-5-14(18-8-12)20-15(16)17/h2-8,15,19H,1H3. The Balaban J connectivity index is 1.93. The number of pyridine rings is 1. The Hall–Kier alpha value is -2.43. The molecular weight excluding hydrogens is 262 g/mol. The van der Waals surface area contributed by atoms with Crippen molar-refractivity contribution in [3.8, 4) is 17.0 Å². The highest BCUT2D eigenvalue weighted by atomic mass is 19.3. The van der Waals surface area contributed by atoms with Crippen molar-refractivity contribution in [2.24, 2.45) is 0 Å². The van der Waals surface area contributed by atoms with Gasteiger partial charge in [0, 0.05) is 29.0 Å². The summed E-state index contributed by atoms with van der Waals surface area (Å²) in [5, 5.41) is 1.14. The Morgan fingerprint density at radius 1 is 1.10 bits per heavy atom. The van der Waals surface area contributed by atoms with E-state index in [4.69, 9.17) is 0 Å². The molecule has 3 aromatic rings. The van der Waals surface area contributed by atoms with Gasteiger partial charge >= 0.3 is 6.61 Å². The summed E-state index contributed by atoms with van der Waals surface area (Å²) in [5.41, 5.74) is 3.94. The second-order valence-electron chi connectivity index (χ2n) is 4.52. The molecule has 0 atom stereocenters. The van der Waals surface area contributed by atoms with Crippen molar-refractivity contribution in [2.75, 3.05) is 0 Å². The molecule has 0 saturated heterocycles. The van der Waals surface area contributed by atoms with Crippen molar-refractivity contribution in [1.82, 2.24) is 9.97 Å². The minimum atomic E-state index is -2.86. The number of alkyl halides is 2. The minimum absolute atomic E-state index is 0.0828. The van der Waals surface area contributed by atoms with E-state index in [1.165, 1.54) is 12.3 Å². The number of aryl methyl sites for hydroxylation is 1. The average Bonchev–Trinajstić information content (AvgIpc) is 2.78. The van der Waals surface area contributed by atoms with E-state index in [-0.39, 0.29) is 5.88 Å². The molecule has 0 saturated carbocycles. The van der Waals surface area contributed by atoms with E-state index in [9.17, 15) is 8.78 Å². The largest absolute Gasteiger partial charge is 0.417 e. The molecule has 0 fully saturated rings. The molecule has 0 radical (unpaired) electrons. The highest BCUT2D eigenvalue weighted by Crippen LogP contribution is 2.25. The molecule has 0 aliphatic carbocycles. The summed E-state index contributed by atoms with van der Waals surface area (Å²) in [4.78, 5) is 7.13. The number of halogens is 2. The van der Waals surface area contributed by atoms with Crippen LogP contribution in [0.25, 0.3) is 22.0 Å². The molecule has 0 aliphatic rings. The first-order valence-electron chi connectivity index (χ1n) is 6.12. The maximum atomic E-state index is 12.1. The van der Waals surface area contributed by atoms with Gasteiger partial charge in [-0.25, -0.2) is 4.98 Å². The number of hydrogen-bond donors (Lipinski definition) is 1. The zero-order chi connectivity index (χ0) is 14.1. The van der Waals surface area contributed by atoms with Crippen LogP contribution in [0.1, 0.15) is 5.69 Å². The first kappa shape index (κ1) is 12.6.